The predicted octanol–water partition coefficient (Wildman–Crippen LogP) is 0.701. The van der Waals surface area contributed by atoms with E-state index in [9.17, 15) is 14.4 Å². The molecule has 0 aliphatic heterocycles. The second kappa shape index (κ2) is 8.39. The Morgan fingerprint density at radius 3 is 2.25 bits per heavy atom. The Kier molecular flexibility index (Phi) is 7.64. The quantitative estimate of drug-likeness (QED) is 0.527. The highest BCUT2D eigenvalue weighted by Gasteiger charge is 2.31. The third-order valence-electron chi connectivity index (χ3n) is 3.02. The zero-order chi connectivity index (χ0) is 15.8. The van der Waals surface area contributed by atoms with Gasteiger partial charge in [0, 0.05) is 25.6 Å². The van der Waals surface area contributed by atoms with Crippen molar-refractivity contribution >= 4 is 17.9 Å². The van der Waals surface area contributed by atoms with Crippen LogP contribution in [0.2, 0.25) is 0 Å². The first-order valence-electron chi connectivity index (χ1n) is 6.75. The van der Waals surface area contributed by atoms with Crippen LogP contribution in [0.3, 0.4) is 0 Å². The van der Waals surface area contributed by atoms with Crippen molar-refractivity contribution in [2.45, 2.75) is 46.6 Å². The second-order valence-corrected chi connectivity index (χ2v) is 5.30. The van der Waals surface area contributed by atoms with Crippen molar-refractivity contribution in [3.8, 4) is 0 Å². The highest BCUT2D eigenvalue weighted by Crippen LogP contribution is 2.19. The van der Waals surface area contributed by atoms with E-state index in [-0.39, 0.29) is 31.5 Å². The summed E-state index contributed by atoms with van der Waals surface area (Å²) in [4.78, 5) is 33.9. The molecule has 0 saturated heterocycles. The first-order chi connectivity index (χ1) is 9.21. The highest BCUT2D eigenvalue weighted by molar-refractivity contribution is 5.79. The van der Waals surface area contributed by atoms with Gasteiger partial charge in [-0.25, -0.2) is 4.79 Å². The molecule has 1 atom stereocenters. The van der Waals surface area contributed by atoms with Gasteiger partial charge in [-0.2, -0.15) is 0 Å². The maximum atomic E-state index is 11.5. The Morgan fingerprint density at radius 1 is 1.20 bits per heavy atom. The van der Waals surface area contributed by atoms with Gasteiger partial charge in [-0.05, 0) is 27.2 Å². The summed E-state index contributed by atoms with van der Waals surface area (Å²) in [5.41, 5.74) is -0.980. The molecule has 0 spiro atoms. The van der Waals surface area contributed by atoms with Crippen molar-refractivity contribution in [3.63, 3.8) is 0 Å². The molecule has 0 aromatic carbocycles. The molecule has 116 valence electrons. The lowest BCUT2D eigenvalue weighted by Crippen LogP contribution is -2.45. The Bertz CT molecular complexity index is 358. The number of amides is 3. The number of aliphatic carboxylic acids is 1. The van der Waals surface area contributed by atoms with E-state index in [1.807, 2.05) is 13.8 Å². The number of urea groups is 1. The molecule has 7 nitrogen and oxygen atoms in total. The van der Waals surface area contributed by atoms with Crippen molar-refractivity contribution in [2.24, 2.45) is 5.41 Å². The number of carboxylic acid groups (broad SMARTS) is 1. The Morgan fingerprint density at radius 2 is 1.80 bits per heavy atom. The van der Waals surface area contributed by atoms with Gasteiger partial charge in [-0.3, -0.25) is 9.59 Å². The minimum atomic E-state index is -0.980. The van der Waals surface area contributed by atoms with Crippen molar-refractivity contribution in [1.29, 1.82) is 0 Å². The third-order valence-corrected chi connectivity index (χ3v) is 3.02. The van der Waals surface area contributed by atoms with E-state index < -0.39 is 17.4 Å². The first-order valence-corrected chi connectivity index (χ1v) is 6.75. The van der Waals surface area contributed by atoms with Gasteiger partial charge in [-0.15, -0.1) is 0 Å². The van der Waals surface area contributed by atoms with Crippen molar-refractivity contribution in [1.82, 2.24) is 16.0 Å². The van der Waals surface area contributed by atoms with Gasteiger partial charge in [-0.1, -0.05) is 6.92 Å². The van der Waals surface area contributed by atoms with Crippen LogP contribution >= 0.6 is 0 Å². The monoisotopic (exact) mass is 287 g/mol. The maximum absolute atomic E-state index is 11.5. The zero-order valence-electron chi connectivity index (χ0n) is 12.6. The van der Waals surface area contributed by atoms with Crippen LogP contribution in [0.15, 0.2) is 0 Å². The van der Waals surface area contributed by atoms with Gasteiger partial charge in [0.05, 0.1) is 5.41 Å². The fourth-order valence-corrected chi connectivity index (χ4v) is 1.37. The lowest BCUT2D eigenvalue weighted by atomic mass is 9.88. The molecular weight excluding hydrogens is 262 g/mol. The minimum Gasteiger partial charge on any atom is -0.481 e. The van der Waals surface area contributed by atoms with E-state index in [0.717, 1.165) is 0 Å². The van der Waals surface area contributed by atoms with Crippen LogP contribution < -0.4 is 16.0 Å². The van der Waals surface area contributed by atoms with Crippen LogP contribution in [0.1, 0.15) is 40.5 Å². The molecule has 0 fully saturated rings. The van der Waals surface area contributed by atoms with Crippen LogP contribution in [-0.4, -0.2) is 42.1 Å². The maximum Gasteiger partial charge on any atom is 0.314 e. The molecule has 0 aromatic rings. The molecule has 0 aromatic heterocycles. The number of carbonyl (C=O) groups is 3. The smallest absolute Gasteiger partial charge is 0.314 e. The molecule has 20 heavy (non-hydrogen) atoms. The Balaban J connectivity index is 3.96. The molecular formula is C13H25N3O4. The van der Waals surface area contributed by atoms with Crippen molar-refractivity contribution in [3.05, 3.63) is 0 Å². The Labute approximate surface area is 119 Å². The number of carbonyl (C=O) groups excluding carboxylic acids is 2. The van der Waals surface area contributed by atoms with Gasteiger partial charge >= 0.3 is 12.0 Å². The second-order valence-electron chi connectivity index (χ2n) is 5.30. The molecule has 1 unspecified atom stereocenters. The topological polar surface area (TPSA) is 108 Å². The van der Waals surface area contributed by atoms with E-state index in [0.29, 0.717) is 6.42 Å². The average Bonchev–Trinajstić information content (AvgIpc) is 2.34. The van der Waals surface area contributed by atoms with Gasteiger partial charge < -0.3 is 21.1 Å². The summed E-state index contributed by atoms with van der Waals surface area (Å²) in [6, 6.07) is -0.402. The summed E-state index contributed by atoms with van der Waals surface area (Å²) >= 11 is 0. The van der Waals surface area contributed by atoms with E-state index in [2.05, 4.69) is 16.0 Å². The van der Waals surface area contributed by atoms with Gasteiger partial charge in [0.25, 0.3) is 0 Å². The van der Waals surface area contributed by atoms with Crippen LogP contribution in [0.25, 0.3) is 0 Å². The molecule has 0 aliphatic rings. The SMILES string of the molecule is CCC(C)(CNC(=O)NCCC(=O)NC(C)C)C(=O)O. The van der Waals surface area contributed by atoms with E-state index in [4.69, 9.17) is 5.11 Å². The fourth-order valence-electron chi connectivity index (χ4n) is 1.37. The molecule has 0 heterocycles. The van der Waals surface area contributed by atoms with Gasteiger partial charge in [0.15, 0.2) is 0 Å². The minimum absolute atomic E-state index is 0.0445. The van der Waals surface area contributed by atoms with Crippen LogP contribution in [0.4, 0.5) is 4.79 Å². The number of carboxylic acids is 1. The number of rotatable bonds is 8. The summed E-state index contributed by atoms with van der Waals surface area (Å²) in [5.74, 6) is -1.08. The number of nitrogens with one attached hydrogen (secondary N) is 3. The average molecular weight is 287 g/mol. The Hall–Kier alpha value is -1.79. The summed E-state index contributed by atoms with van der Waals surface area (Å²) < 4.78 is 0. The summed E-state index contributed by atoms with van der Waals surface area (Å²) in [5, 5.41) is 16.8. The molecule has 0 aliphatic carbocycles. The number of hydrogen-bond donors (Lipinski definition) is 4. The van der Waals surface area contributed by atoms with Crippen molar-refractivity contribution in [2.75, 3.05) is 13.1 Å². The molecule has 0 rings (SSSR count). The highest BCUT2D eigenvalue weighted by atomic mass is 16.4. The lowest BCUT2D eigenvalue weighted by molar-refractivity contribution is -0.147. The normalized spacial score (nSPS) is 13.4. The largest absolute Gasteiger partial charge is 0.481 e. The first kappa shape index (κ1) is 18.2. The fraction of sp³-hybridized carbons (Fsp3) is 0.769. The van der Waals surface area contributed by atoms with E-state index >= 15 is 0 Å². The van der Waals surface area contributed by atoms with E-state index in [1.165, 1.54) is 0 Å². The summed E-state index contributed by atoms with van der Waals surface area (Å²) in [6.45, 7) is 7.30. The molecule has 3 amide bonds. The van der Waals surface area contributed by atoms with Crippen LogP contribution in [0, 0.1) is 5.41 Å². The predicted molar refractivity (Wildman–Crippen MR) is 75.3 cm³/mol. The van der Waals surface area contributed by atoms with Gasteiger partial charge in [0.2, 0.25) is 5.91 Å². The molecule has 0 bridgehead atoms. The molecule has 7 heteroatoms. The zero-order valence-corrected chi connectivity index (χ0v) is 12.6. The summed E-state index contributed by atoms with van der Waals surface area (Å²) in [7, 11) is 0. The summed E-state index contributed by atoms with van der Waals surface area (Å²) in [6.07, 6.45) is 0.606. The standard InChI is InChI=1S/C13H25N3O4/c1-5-13(4,11(18)19)8-15-12(20)14-7-6-10(17)16-9(2)3/h9H,5-8H2,1-4H3,(H,16,17)(H,18,19)(H2,14,15,20). The number of hydrogen-bond acceptors (Lipinski definition) is 3. The molecule has 0 radical (unpaired) electrons. The van der Waals surface area contributed by atoms with Crippen LogP contribution in [-0.2, 0) is 9.59 Å². The molecule has 4 N–H and O–H groups in total. The third kappa shape index (κ3) is 6.96. The van der Waals surface area contributed by atoms with Crippen molar-refractivity contribution < 1.29 is 19.5 Å². The van der Waals surface area contributed by atoms with Crippen LogP contribution in [0.5, 0.6) is 0 Å². The molecule has 0 saturated carbocycles. The van der Waals surface area contributed by atoms with E-state index in [1.54, 1.807) is 13.8 Å². The lowest BCUT2D eigenvalue weighted by Gasteiger charge is -2.23. The van der Waals surface area contributed by atoms with Gasteiger partial charge in [0.1, 0.15) is 0 Å².